The van der Waals surface area contributed by atoms with Crippen LogP contribution in [0.4, 0.5) is 4.79 Å². The Morgan fingerprint density at radius 2 is 1.93 bits per heavy atom. The van der Waals surface area contributed by atoms with E-state index < -0.39 is 17.0 Å². The second-order valence-corrected chi connectivity index (χ2v) is 8.33. The van der Waals surface area contributed by atoms with Crippen LogP contribution in [0.15, 0.2) is 24.3 Å². The number of nitriles is 1. The van der Waals surface area contributed by atoms with E-state index in [4.69, 9.17) is 21.1 Å². The van der Waals surface area contributed by atoms with Gasteiger partial charge in [-0.05, 0) is 64.2 Å². The summed E-state index contributed by atoms with van der Waals surface area (Å²) >= 11 is 6.12. The summed E-state index contributed by atoms with van der Waals surface area (Å²) < 4.78 is 10.7. The zero-order valence-electron chi connectivity index (χ0n) is 16.8. The third-order valence-electron chi connectivity index (χ3n) is 4.81. The molecule has 152 valence electrons. The van der Waals surface area contributed by atoms with Crippen LogP contribution in [0.2, 0.25) is 5.02 Å². The Labute approximate surface area is 171 Å². The Balaban J connectivity index is 2.28. The number of carbonyl (C=O) groups excluding carboxylic acids is 2. The zero-order chi connectivity index (χ0) is 20.9. The summed E-state index contributed by atoms with van der Waals surface area (Å²) in [5, 5.41) is 10.6. The maximum atomic E-state index is 12.9. The molecular weight excluding hydrogens is 380 g/mol. The standard InChI is InChI=1S/C21H27ClN2O4/c1-5-27-18(25)21(14-23,16-7-6-8-17(22)13-16)15-9-11-24(12-10-15)19(26)28-20(2,3)4/h6-8,13,15H,5,9-12H2,1-4H3. The minimum absolute atomic E-state index is 0.180. The van der Waals surface area contributed by atoms with Gasteiger partial charge in [0.1, 0.15) is 5.60 Å². The Kier molecular flexibility index (Phi) is 6.95. The summed E-state index contributed by atoms with van der Waals surface area (Å²) in [7, 11) is 0. The number of nitrogens with zero attached hydrogens (tertiary/aromatic N) is 2. The van der Waals surface area contributed by atoms with Gasteiger partial charge in [-0.25, -0.2) is 9.59 Å². The van der Waals surface area contributed by atoms with Crippen molar-refractivity contribution in [2.24, 2.45) is 5.92 Å². The third-order valence-corrected chi connectivity index (χ3v) is 5.05. The first-order valence-corrected chi connectivity index (χ1v) is 9.84. The van der Waals surface area contributed by atoms with Crippen molar-refractivity contribution in [3.05, 3.63) is 34.9 Å². The first-order valence-electron chi connectivity index (χ1n) is 9.46. The fraction of sp³-hybridized carbons (Fsp3) is 0.571. The van der Waals surface area contributed by atoms with Gasteiger partial charge in [0.2, 0.25) is 0 Å². The normalized spacial score (nSPS) is 17.4. The molecular formula is C21H27ClN2O4. The highest BCUT2D eigenvalue weighted by atomic mass is 35.5. The van der Waals surface area contributed by atoms with Crippen LogP contribution >= 0.6 is 11.6 Å². The van der Waals surface area contributed by atoms with Crippen LogP contribution in [-0.4, -0.2) is 42.3 Å². The lowest BCUT2D eigenvalue weighted by atomic mass is 9.67. The number of piperidine rings is 1. The van der Waals surface area contributed by atoms with Gasteiger partial charge in [0.05, 0.1) is 12.7 Å². The number of likely N-dealkylation sites (tertiary alicyclic amines) is 1. The molecule has 2 rings (SSSR count). The number of esters is 1. The van der Waals surface area contributed by atoms with Crippen molar-refractivity contribution in [3.8, 4) is 6.07 Å². The van der Waals surface area contributed by atoms with Crippen molar-refractivity contribution >= 4 is 23.7 Å². The van der Waals surface area contributed by atoms with Gasteiger partial charge in [-0.3, -0.25) is 0 Å². The van der Waals surface area contributed by atoms with Crippen molar-refractivity contribution < 1.29 is 19.1 Å². The average molecular weight is 407 g/mol. The van der Waals surface area contributed by atoms with E-state index >= 15 is 0 Å². The molecule has 1 unspecified atom stereocenters. The number of ether oxygens (including phenoxy) is 2. The predicted octanol–water partition coefficient (Wildman–Crippen LogP) is 4.31. The number of halogens is 1. The lowest BCUT2D eigenvalue weighted by Gasteiger charge is -2.39. The second-order valence-electron chi connectivity index (χ2n) is 7.89. The maximum Gasteiger partial charge on any atom is 0.410 e. The van der Waals surface area contributed by atoms with Crippen molar-refractivity contribution in [1.29, 1.82) is 5.26 Å². The van der Waals surface area contributed by atoms with Gasteiger partial charge in [-0.1, -0.05) is 23.7 Å². The fourth-order valence-electron chi connectivity index (χ4n) is 3.52. The Bertz CT molecular complexity index is 760. The summed E-state index contributed by atoms with van der Waals surface area (Å²) in [6.07, 6.45) is 0.586. The predicted molar refractivity (Wildman–Crippen MR) is 106 cm³/mol. The van der Waals surface area contributed by atoms with Crippen LogP contribution < -0.4 is 0 Å². The monoisotopic (exact) mass is 406 g/mol. The van der Waals surface area contributed by atoms with E-state index in [0.29, 0.717) is 36.5 Å². The van der Waals surface area contributed by atoms with Gasteiger partial charge >= 0.3 is 12.1 Å². The molecule has 0 N–H and O–H groups in total. The molecule has 1 saturated heterocycles. The minimum atomic E-state index is -1.46. The summed E-state index contributed by atoms with van der Waals surface area (Å²) in [4.78, 5) is 26.9. The Morgan fingerprint density at radius 1 is 1.29 bits per heavy atom. The molecule has 1 aromatic rings. The summed E-state index contributed by atoms with van der Waals surface area (Å²) in [6.45, 7) is 8.16. The van der Waals surface area contributed by atoms with Gasteiger partial charge < -0.3 is 14.4 Å². The number of carbonyl (C=O) groups is 2. The number of rotatable bonds is 4. The first-order chi connectivity index (χ1) is 13.1. The lowest BCUT2D eigenvalue weighted by Crippen LogP contribution is -2.50. The highest BCUT2D eigenvalue weighted by Gasteiger charge is 2.50. The van der Waals surface area contributed by atoms with Crippen molar-refractivity contribution in [3.63, 3.8) is 0 Å². The molecule has 1 aromatic carbocycles. The highest BCUT2D eigenvalue weighted by molar-refractivity contribution is 6.30. The largest absolute Gasteiger partial charge is 0.465 e. The molecule has 1 heterocycles. The molecule has 1 aliphatic heterocycles. The van der Waals surface area contributed by atoms with Crippen molar-refractivity contribution in [2.75, 3.05) is 19.7 Å². The summed E-state index contributed by atoms with van der Waals surface area (Å²) in [6, 6.07) is 9.02. The SMILES string of the molecule is CCOC(=O)C(C#N)(c1cccc(Cl)c1)C1CCN(C(=O)OC(C)(C)C)CC1. The molecule has 1 aliphatic rings. The molecule has 1 fully saturated rings. The molecule has 0 saturated carbocycles. The van der Waals surface area contributed by atoms with E-state index in [0.717, 1.165) is 0 Å². The van der Waals surface area contributed by atoms with Gasteiger partial charge in [-0.2, -0.15) is 5.26 Å². The van der Waals surface area contributed by atoms with Gasteiger partial charge in [0.15, 0.2) is 5.41 Å². The molecule has 0 radical (unpaired) electrons. The maximum absolute atomic E-state index is 12.9. The summed E-state index contributed by atoms with van der Waals surface area (Å²) in [5.41, 5.74) is -1.51. The summed E-state index contributed by atoms with van der Waals surface area (Å²) in [5.74, 6) is -0.871. The second kappa shape index (κ2) is 8.83. The van der Waals surface area contributed by atoms with Crippen LogP contribution in [0.5, 0.6) is 0 Å². The number of benzene rings is 1. The van der Waals surface area contributed by atoms with E-state index in [1.54, 1.807) is 36.1 Å². The molecule has 7 heteroatoms. The topological polar surface area (TPSA) is 79.6 Å². The van der Waals surface area contributed by atoms with Crippen LogP contribution in [-0.2, 0) is 19.7 Å². The zero-order valence-corrected chi connectivity index (χ0v) is 17.6. The van der Waals surface area contributed by atoms with E-state index in [9.17, 15) is 14.9 Å². The highest BCUT2D eigenvalue weighted by Crippen LogP contribution is 2.40. The molecule has 28 heavy (non-hydrogen) atoms. The van der Waals surface area contributed by atoms with E-state index in [1.165, 1.54) is 0 Å². The molecule has 0 aromatic heterocycles. The Hall–Kier alpha value is -2.26. The van der Waals surface area contributed by atoms with Gasteiger partial charge in [0, 0.05) is 18.1 Å². The van der Waals surface area contributed by atoms with E-state index in [2.05, 4.69) is 6.07 Å². The van der Waals surface area contributed by atoms with Crippen LogP contribution in [0.1, 0.15) is 46.1 Å². The molecule has 1 amide bonds. The van der Waals surface area contributed by atoms with E-state index in [-0.39, 0.29) is 18.6 Å². The van der Waals surface area contributed by atoms with E-state index in [1.807, 2.05) is 20.8 Å². The molecule has 0 spiro atoms. The van der Waals surface area contributed by atoms with Crippen LogP contribution in [0.3, 0.4) is 0 Å². The fourth-order valence-corrected chi connectivity index (χ4v) is 3.71. The minimum Gasteiger partial charge on any atom is -0.465 e. The number of amides is 1. The third kappa shape index (κ3) is 4.77. The molecule has 6 nitrogen and oxygen atoms in total. The van der Waals surface area contributed by atoms with Crippen LogP contribution in [0, 0.1) is 17.2 Å². The van der Waals surface area contributed by atoms with Gasteiger partial charge in [0.25, 0.3) is 0 Å². The quantitative estimate of drug-likeness (QED) is 0.696. The molecule has 0 aliphatic carbocycles. The Morgan fingerprint density at radius 3 is 2.43 bits per heavy atom. The van der Waals surface area contributed by atoms with Gasteiger partial charge in [-0.15, -0.1) is 0 Å². The average Bonchev–Trinajstić information content (AvgIpc) is 2.62. The van der Waals surface area contributed by atoms with Crippen molar-refractivity contribution in [1.82, 2.24) is 4.90 Å². The molecule has 0 bridgehead atoms. The van der Waals surface area contributed by atoms with Crippen molar-refractivity contribution in [2.45, 2.75) is 51.6 Å². The smallest absolute Gasteiger partial charge is 0.410 e. The lowest BCUT2D eigenvalue weighted by molar-refractivity contribution is -0.150. The molecule has 1 atom stereocenters. The van der Waals surface area contributed by atoms with Crippen LogP contribution in [0.25, 0.3) is 0 Å². The number of hydrogen-bond acceptors (Lipinski definition) is 5. The number of hydrogen-bond donors (Lipinski definition) is 0. The first kappa shape index (κ1) is 22.0.